The van der Waals surface area contributed by atoms with Gasteiger partial charge in [-0.25, -0.2) is 4.79 Å². The minimum absolute atomic E-state index is 0.0176. The fourth-order valence-corrected chi connectivity index (χ4v) is 4.52. The number of carbonyl (C=O) groups is 1. The predicted octanol–water partition coefficient (Wildman–Crippen LogP) is 3.49. The number of rotatable bonds is 4. The smallest absolute Gasteiger partial charge is 0.326 e. The standard InChI is InChI=1S/C22H25BrN4O2/c1-25-19-7-6-18(13-20(19)26(2)22(25)29)24-21(28)16-8-10-27(11-9-16)14-15-4-3-5-17(23)12-15/h3-7,12-13,16H,8-11,14H2,1-2H3,(H,24,28). The largest absolute Gasteiger partial charge is 0.328 e. The molecule has 1 aromatic heterocycles. The summed E-state index contributed by atoms with van der Waals surface area (Å²) in [6, 6.07) is 14.0. The summed E-state index contributed by atoms with van der Waals surface area (Å²) in [5.41, 5.74) is 3.63. The molecule has 7 heteroatoms. The Hall–Kier alpha value is -2.38. The maximum absolute atomic E-state index is 12.8. The fraction of sp³-hybridized carbons (Fsp3) is 0.364. The molecule has 1 N–H and O–H groups in total. The van der Waals surface area contributed by atoms with E-state index in [1.807, 2.05) is 24.3 Å². The molecule has 0 atom stereocenters. The van der Waals surface area contributed by atoms with Gasteiger partial charge < -0.3 is 5.32 Å². The molecule has 1 aliphatic rings. The quantitative estimate of drug-likeness (QED) is 0.653. The van der Waals surface area contributed by atoms with E-state index in [9.17, 15) is 9.59 Å². The molecule has 1 fully saturated rings. The highest BCUT2D eigenvalue weighted by atomic mass is 79.9. The molecule has 0 bridgehead atoms. The second-order valence-electron chi connectivity index (χ2n) is 7.77. The average Bonchev–Trinajstić information content (AvgIpc) is 2.92. The average molecular weight is 457 g/mol. The van der Waals surface area contributed by atoms with E-state index >= 15 is 0 Å². The molecule has 1 saturated heterocycles. The molecule has 152 valence electrons. The van der Waals surface area contributed by atoms with Crippen LogP contribution in [0, 0.1) is 5.92 Å². The summed E-state index contributed by atoms with van der Waals surface area (Å²) in [5, 5.41) is 3.04. The van der Waals surface area contributed by atoms with Crippen LogP contribution in [0.5, 0.6) is 0 Å². The lowest BCUT2D eigenvalue weighted by Gasteiger charge is -2.31. The first-order chi connectivity index (χ1) is 13.9. The lowest BCUT2D eigenvalue weighted by Crippen LogP contribution is -2.37. The van der Waals surface area contributed by atoms with E-state index in [4.69, 9.17) is 0 Å². The first-order valence-electron chi connectivity index (χ1n) is 9.85. The van der Waals surface area contributed by atoms with Crippen LogP contribution in [0.2, 0.25) is 0 Å². The number of anilines is 1. The number of nitrogens with zero attached hydrogens (tertiary/aromatic N) is 3. The summed E-state index contributed by atoms with van der Waals surface area (Å²) in [4.78, 5) is 27.2. The molecule has 0 unspecified atom stereocenters. The van der Waals surface area contributed by atoms with Crippen molar-refractivity contribution in [2.24, 2.45) is 20.0 Å². The SMILES string of the molecule is Cn1c(=O)n(C)c2cc(NC(=O)C3CCN(Cc4cccc(Br)c4)CC3)ccc21. The number of benzene rings is 2. The maximum atomic E-state index is 12.8. The number of piperidine rings is 1. The van der Waals surface area contributed by atoms with Crippen LogP contribution < -0.4 is 11.0 Å². The van der Waals surface area contributed by atoms with E-state index < -0.39 is 0 Å². The summed E-state index contributed by atoms with van der Waals surface area (Å²) < 4.78 is 4.31. The van der Waals surface area contributed by atoms with Crippen molar-refractivity contribution < 1.29 is 4.79 Å². The lowest BCUT2D eigenvalue weighted by atomic mass is 9.95. The third-order valence-corrected chi connectivity index (χ3v) is 6.29. The second-order valence-corrected chi connectivity index (χ2v) is 8.69. The number of halogens is 1. The van der Waals surface area contributed by atoms with Gasteiger partial charge in [-0.3, -0.25) is 18.8 Å². The van der Waals surface area contributed by atoms with Crippen molar-refractivity contribution >= 4 is 38.6 Å². The molecular formula is C22H25BrN4O2. The topological polar surface area (TPSA) is 59.3 Å². The van der Waals surface area contributed by atoms with E-state index in [0.29, 0.717) is 0 Å². The molecular weight excluding hydrogens is 432 g/mol. The summed E-state index contributed by atoms with van der Waals surface area (Å²) in [6.07, 6.45) is 1.71. The number of carbonyl (C=O) groups excluding carboxylic acids is 1. The highest BCUT2D eigenvalue weighted by Crippen LogP contribution is 2.23. The van der Waals surface area contributed by atoms with Gasteiger partial charge in [-0.05, 0) is 61.8 Å². The molecule has 6 nitrogen and oxygen atoms in total. The lowest BCUT2D eigenvalue weighted by molar-refractivity contribution is -0.121. The van der Waals surface area contributed by atoms with Gasteiger partial charge in [0.05, 0.1) is 11.0 Å². The van der Waals surface area contributed by atoms with Crippen molar-refractivity contribution in [2.45, 2.75) is 19.4 Å². The molecule has 0 spiro atoms. The highest BCUT2D eigenvalue weighted by molar-refractivity contribution is 9.10. The molecule has 3 aromatic rings. The fourth-order valence-electron chi connectivity index (χ4n) is 4.08. The number of fused-ring (bicyclic) bond motifs is 1. The van der Waals surface area contributed by atoms with Crippen LogP contribution in [-0.2, 0) is 25.4 Å². The van der Waals surface area contributed by atoms with Crippen LogP contribution in [0.25, 0.3) is 11.0 Å². The minimum atomic E-state index is -0.0682. The number of amides is 1. The van der Waals surface area contributed by atoms with E-state index in [0.717, 1.165) is 53.7 Å². The zero-order valence-corrected chi connectivity index (χ0v) is 18.3. The van der Waals surface area contributed by atoms with Crippen molar-refractivity contribution in [2.75, 3.05) is 18.4 Å². The summed E-state index contributed by atoms with van der Waals surface area (Å²) in [7, 11) is 3.50. The predicted molar refractivity (Wildman–Crippen MR) is 119 cm³/mol. The van der Waals surface area contributed by atoms with Crippen molar-refractivity contribution in [3.05, 3.63) is 63.0 Å². The van der Waals surface area contributed by atoms with Crippen LogP contribution in [0.15, 0.2) is 51.7 Å². The van der Waals surface area contributed by atoms with Crippen molar-refractivity contribution in [1.82, 2.24) is 14.0 Å². The zero-order valence-electron chi connectivity index (χ0n) is 16.7. The summed E-state index contributed by atoms with van der Waals surface area (Å²) in [5.74, 6) is 0.0800. The van der Waals surface area contributed by atoms with Gasteiger partial charge in [0.15, 0.2) is 0 Å². The molecule has 2 aromatic carbocycles. The Balaban J connectivity index is 1.37. The molecule has 0 saturated carbocycles. The summed E-state index contributed by atoms with van der Waals surface area (Å²) >= 11 is 3.52. The Morgan fingerprint density at radius 3 is 2.52 bits per heavy atom. The van der Waals surface area contributed by atoms with E-state index in [1.165, 1.54) is 5.56 Å². The van der Waals surface area contributed by atoms with Gasteiger partial charge in [-0.2, -0.15) is 0 Å². The van der Waals surface area contributed by atoms with E-state index in [2.05, 4.69) is 44.3 Å². The van der Waals surface area contributed by atoms with Crippen molar-refractivity contribution in [3.8, 4) is 0 Å². The number of likely N-dealkylation sites (tertiary alicyclic amines) is 1. The Morgan fingerprint density at radius 2 is 1.79 bits per heavy atom. The van der Waals surface area contributed by atoms with Crippen molar-refractivity contribution in [3.63, 3.8) is 0 Å². The minimum Gasteiger partial charge on any atom is -0.326 e. The number of nitrogens with one attached hydrogen (secondary N) is 1. The van der Waals surface area contributed by atoms with Gasteiger partial charge in [-0.15, -0.1) is 0 Å². The molecule has 0 radical (unpaired) electrons. The van der Waals surface area contributed by atoms with Gasteiger partial charge in [0.2, 0.25) is 5.91 Å². The number of imidazole rings is 1. The van der Waals surface area contributed by atoms with Crippen molar-refractivity contribution in [1.29, 1.82) is 0 Å². The second kappa shape index (κ2) is 8.16. The monoisotopic (exact) mass is 456 g/mol. The van der Waals surface area contributed by atoms with Gasteiger partial charge >= 0.3 is 5.69 Å². The molecule has 0 aliphatic carbocycles. The van der Waals surface area contributed by atoms with Gasteiger partial charge in [0.1, 0.15) is 0 Å². The van der Waals surface area contributed by atoms with Crippen LogP contribution >= 0.6 is 15.9 Å². The number of aryl methyl sites for hydroxylation is 2. The first-order valence-corrected chi connectivity index (χ1v) is 10.6. The molecule has 2 heterocycles. The Bertz CT molecular complexity index is 1110. The third-order valence-electron chi connectivity index (χ3n) is 5.79. The number of aromatic nitrogens is 2. The van der Waals surface area contributed by atoms with Gasteiger partial charge in [0, 0.05) is 36.7 Å². The Morgan fingerprint density at radius 1 is 1.07 bits per heavy atom. The van der Waals surface area contributed by atoms with Crippen LogP contribution in [-0.4, -0.2) is 33.0 Å². The Kier molecular flexibility index (Phi) is 5.61. The van der Waals surface area contributed by atoms with Crippen LogP contribution in [0.1, 0.15) is 18.4 Å². The highest BCUT2D eigenvalue weighted by Gasteiger charge is 2.25. The first kappa shape index (κ1) is 19.9. The molecule has 1 amide bonds. The van der Waals surface area contributed by atoms with E-state index in [-0.39, 0.29) is 17.5 Å². The summed E-state index contributed by atoms with van der Waals surface area (Å²) in [6.45, 7) is 2.74. The van der Waals surface area contributed by atoms with Gasteiger partial charge in [-0.1, -0.05) is 28.1 Å². The molecule has 4 rings (SSSR count). The van der Waals surface area contributed by atoms with Gasteiger partial charge in [0.25, 0.3) is 0 Å². The third kappa shape index (κ3) is 4.16. The van der Waals surface area contributed by atoms with Crippen LogP contribution in [0.4, 0.5) is 5.69 Å². The van der Waals surface area contributed by atoms with Crippen LogP contribution in [0.3, 0.4) is 0 Å². The van der Waals surface area contributed by atoms with E-state index in [1.54, 1.807) is 23.2 Å². The molecule has 29 heavy (non-hydrogen) atoms. The molecule has 1 aliphatic heterocycles. The number of hydrogen-bond acceptors (Lipinski definition) is 3. The number of hydrogen-bond donors (Lipinski definition) is 1. The maximum Gasteiger partial charge on any atom is 0.328 e. The zero-order chi connectivity index (χ0) is 20.5. The normalized spacial score (nSPS) is 15.7. The Labute approximate surface area is 178 Å².